The molecule has 0 bridgehead atoms. The van der Waals surface area contributed by atoms with Crippen molar-refractivity contribution in [3.63, 3.8) is 0 Å². The minimum Gasteiger partial charge on any atom is -0.303 e. The van der Waals surface area contributed by atoms with Crippen LogP contribution in [0.15, 0.2) is 29.1 Å². The maximum atomic E-state index is 11.5. The van der Waals surface area contributed by atoms with Gasteiger partial charge in [0.25, 0.3) is 0 Å². The molecule has 1 unspecified atom stereocenters. The van der Waals surface area contributed by atoms with Gasteiger partial charge >= 0.3 is 5.69 Å². The monoisotopic (exact) mass is 320 g/mol. The van der Waals surface area contributed by atoms with E-state index in [0.717, 1.165) is 5.02 Å². The van der Waals surface area contributed by atoms with Gasteiger partial charge < -0.3 is 5.32 Å². The number of rotatable bonds is 5. The summed E-state index contributed by atoms with van der Waals surface area (Å²) >= 11 is 6.00. The molecule has 118 valence electrons. The fraction of sp³-hybridized carbons (Fsp3) is 0.500. The Bertz CT molecular complexity index is 670. The minimum absolute atomic E-state index is 0.180. The fourth-order valence-electron chi connectivity index (χ4n) is 3.26. The first-order chi connectivity index (χ1) is 10.6. The van der Waals surface area contributed by atoms with E-state index in [1.54, 1.807) is 7.05 Å². The average molecular weight is 321 g/mol. The fourth-order valence-corrected chi connectivity index (χ4v) is 3.39. The van der Waals surface area contributed by atoms with Crippen LogP contribution in [0, 0.1) is 5.92 Å². The van der Waals surface area contributed by atoms with Gasteiger partial charge in [0.1, 0.15) is 5.82 Å². The van der Waals surface area contributed by atoms with Crippen molar-refractivity contribution in [3.05, 3.63) is 51.2 Å². The topological polar surface area (TPSA) is 62.7 Å². The van der Waals surface area contributed by atoms with E-state index in [-0.39, 0.29) is 11.7 Å². The predicted octanol–water partition coefficient (Wildman–Crippen LogP) is 2.78. The van der Waals surface area contributed by atoms with Crippen LogP contribution in [0.5, 0.6) is 0 Å². The summed E-state index contributed by atoms with van der Waals surface area (Å²) in [5.74, 6) is 1.29. The predicted molar refractivity (Wildman–Crippen MR) is 86.8 cm³/mol. The second-order valence-electron chi connectivity index (χ2n) is 5.96. The van der Waals surface area contributed by atoms with E-state index in [1.165, 1.54) is 35.9 Å². The summed E-state index contributed by atoms with van der Waals surface area (Å²) in [5, 5.41) is 8.50. The highest BCUT2D eigenvalue weighted by molar-refractivity contribution is 6.30. The Morgan fingerprint density at radius 2 is 2.05 bits per heavy atom. The van der Waals surface area contributed by atoms with Crippen molar-refractivity contribution < 1.29 is 0 Å². The molecule has 1 aliphatic rings. The second kappa shape index (κ2) is 6.67. The van der Waals surface area contributed by atoms with Crippen LogP contribution in [0.2, 0.25) is 5.02 Å². The van der Waals surface area contributed by atoms with E-state index < -0.39 is 0 Å². The summed E-state index contributed by atoms with van der Waals surface area (Å²) in [4.78, 5) is 14.2. The number of hydrogen-bond donors (Lipinski definition) is 2. The Morgan fingerprint density at radius 1 is 1.36 bits per heavy atom. The van der Waals surface area contributed by atoms with Gasteiger partial charge in [-0.05, 0) is 36.5 Å². The molecule has 0 saturated heterocycles. The van der Waals surface area contributed by atoms with E-state index in [4.69, 9.17) is 11.6 Å². The zero-order chi connectivity index (χ0) is 15.5. The van der Waals surface area contributed by atoms with E-state index in [2.05, 4.69) is 27.5 Å². The third-order valence-electron chi connectivity index (χ3n) is 4.41. The van der Waals surface area contributed by atoms with Crippen molar-refractivity contribution in [2.24, 2.45) is 13.0 Å². The molecule has 0 radical (unpaired) electrons. The molecule has 2 aromatic rings. The van der Waals surface area contributed by atoms with Gasteiger partial charge in [0.05, 0.1) is 6.54 Å². The molecule has 2 N–H and O–H groups in total. The Labute approximate surface area is 134 Å². The van der Waals surface area contributed by atoms with Crippen molar-refractivity contribution in [2.45, 2.75) is 38.3 Å². The molecule has 1 atom stereocenters. The quantitative estimate of drug-likeness (QED) is 0.890. The normalized spacial score (nSPS) is 17.0. The van der Waals surface area contributed by atoms with Gasteiger partial charge in [0.15, 0.2) is 0 Å². The largest absolute Gasteiger partial charge is 0.343 e. The zero-order valence-electron chi connectivity index (χ0n) is 12.7. The highest BCUT2D eigenvalue weighted by Gasteiger charge is 2.26. The Morgan fingerprint density at radius 3 is 2.64 bits per heavy atom. The summed E-state index contributed by atoms with van der Waals surface area (Å²) in [6.07, 6.45) is 5.05. The molecule has 0 aliphatic heterocycles. The summed E-state index contributed by atoms with van der Waals surface area (Å²) in [6, 6.07) is 8.30. The third kappa shape index (κ3) is 3.42. The number of halogens is 1. The molecule has 0 amide bonds. The molecule has 1 aromatic heterocycles. The molecular weight excluding hydrogens is 300 g/mol. The lowest BCUT2D eigenvalue weighted by Crippen LogP contribution is -2.27. The number of aryl methyl sites for hydroxylation is 1. The summed E-state index contributed by atoms with van der Waals surface area (Å²) in [7, 11) is 1.65. The van der Waals surface area contributed by atoms with Gasteiger partial charge in [-0.2, -0.15) is 5.10 Å². The molecule has 22 heavy (non-hydrogen) atoms. The first-order valence-corrected chi connectivity index (χ1v) is 8.12. The first-order valence-electron chi connectivity index (χ1n) is 7.74. The van der Waals surface area contributed by atoms with Crippen molar-refractivity contribution in [1.82, 2.24) is 20.1 Å². The van der Waals surface area contributed by atoms with Crippen LogP contribution in [0.4, 0.5) is 0 Å². The molecule has 1 fully saturated rings. The average Bonchev–Trinajstić information content (AvgIpc) is 3.12. The van der Waals surface area contributed by atoms with Crippen LogP contribution < -0.4 is 11.0 Å². The summed E-state index contributed by atoms with van der Waals surface area (Å²) in [6.45, 7) is 0.555. The molecular formula is C16H21ClN4O. The lowest BCUT2D eigenvalue weighted by atomic mass is 9.91. The van der Waals surface area contributed by atoms with Crippen molar-refractivity contribution in [2.75, 3.05) is 0 Å². The molecule has 6 heteroatoms. The van der Waals surface area contributed by atoms with Crippen LogP contribution in [0.1, 0.15) is 43.1 Å². The van der Waals surface area contributed by atoms with Crippen LogP contribution in [-0.2, 0) is 13.6 Å². The number of H-pyrrole nitrogens is 1. The number of nitrogens with one attached hydrogen (secondary N) is 2. The molecule has 1 aromatic carbocycles. The standard InChI is InChI=1S/C16H21ClN4O/c1-21-16(22)19-14(20-21)10-18-15(11-4-2-3-5-11)12-6-8-13(17)9-7-12/h6-9,11,15,18H,2-5,10H2,1H3,(H,19,20,22). The number of aromatic nitrogens is 3. The van der Waals surface area contributed by atoms with Crippen molar-refractivity contribution in [3.8, 4) is 0 Å². The van der Waals surface area contributed by atoms with E-state index >= 15 is 0 Å². The lowest BCUT2D eigenvalue weighted by molar-refractivity contribution is 0.362. The molecule has 1 heterocycles. The second-order valence-corrected chi connectivity index (χ2v) is 6.39. The molecule has 3 rings (SSSR count). The van der Waals surface area contributed by atoms with Crippen molar-refractivity contribution >= 4 is 11.6 Å². The van der Waals surface area contributed by atoms with E-state index in [9.17, 15) is 4.79 Å². The Kier molecular flexibility index (Phi) is 4.64. The van der Waals surface area contributed by atoms with Gasteiger partial charge in [-0.15, -0.1) is 0 Å². The molecule has 1 saturated carbocycles. The maximum Gasteiger partial charge on any atom is 0.343 e. The summed E-state index contributed by atoms with van der Waals surface area (Å²) in [5.41, 5.74) is 1.07. The van der Waals surface area contributed by atoms with Gasteiger partial charge in [-0.1, -0.05) is 36.6 Å². The highest BCUT2D eigenvalue weighted by Crippen LogP contribution is 2.36. The number of nitrogens with zero attached hydrogens (tertiary/aromatic N) is 2. The van der Waals surface area contributed by atoms with Gasteiger partial charge in [0.2, 0.25) is 0 Å². The van der Waals surface area contributed by atoms with Crippen LogP contribution in [0.25, 0.3) is 0 Å². The zero-order valence-corrected chi connectivity index (χ0v) is 13.4. The van der Waals surface area contributed by atoms with Gasteiger partial charge in [-0.3, -0.25) is 4.98 Å². The Balaban J connectivity index is 1.76. The van der Waals surface area contributed by atoms with Crippen LogP contribution in [-0.4, -0.2) is 14.8 Å². The van der Waals surface area contributed by atoms with Crippen LogP contribution in [0.3, 0.4) is 0 Å². The van der Waals surface area contributed by atoms with Gasteiger partial charge in [-0.25, -0.2) is 9.48 Å². The highest BCUT2D eigenvalue weighted by atomic mass is 35.5. The molecule has 0 spiro atoms. The number of benzene rings is 1. The smallest absolute Gasteiger partial charge is 0.303 e. The molecule has 5 nitrogen and oxygen atoms in total. The maximum absolute atomic E-state index is 11.5. The molecule has 1 aliphatic carbocycles. The Hall–Kier alpha value is -1.59. The van der Waals surface area contributed by atoms with E-state index in [0.29, 0.717) is 18.3 Å². The SMILES string of the molecule is Cn1nc(CNC(c2ccc(Cl)cc2)C2CCCC2)[nH]c1=O. The lowest BCUT2D eigenvalue weighted by Gasteiger charge is -2.25. The number of aromatic amines is 1. The van der Waals surface area contributed by atoms with Crippen LogP contribution >= 0.6 is 11.6 Å². The van der Waals surface area contributed by atoms with Gasteiger partial charge in [0, 0.05) is 18.1 Å². The number of hydrogen-bond acceptors (Lipinski definition) is 3. The summed E-state index contributed by atoms with van der Waals surface area (Å²) < 4.78 is 1.32. The third-order valence-corrected chi connectivity index (χ3v) is 4.66. The first kappa shape index (κ1) is 15.3. The minimum atomic E-state index is -0.180. The van der Waals surface area contributed by atoms with E-state index in [1.807, 2.05) is 12.1 Å². The van der Waals surface area contributed by atoms with Crippen molar-refractivity contribution in [1.29, 1.82) is 0 Å².